The smallest absolute Gasteiger partial charge is 0.264 e. The van der Waals surface area contributed by atoms with Crippen molar-refractivity contribution in [3.63, 3.8) is 0 Å². The lowest BCUT2D eigenvalue weighted by atomic mass is 9.88. The molecule has 0 spiro atoms. The van der Waals surface area contributed by atoms with Crippen LogP contribution in [0.5, 0.6) is 5.75 Å². The summed E-state index contributed by atoms with van der Waals surface area (Å²) in [5, 5.41) is 19.0. The summed E-state index contributed by atoms with van der Waals surface area (Å²) in [6.07, 6.45) is 3.26. The molecule has 0 unspecified atom stereocenters. The van der Waals surface area contributed by atoms with E-state index < -0.39 is 0 Å². The number of piperidine rings is 1. The van der Waals surface area contributed by atoms with Crippen LogP contribution in [0.4, 0.5) is 0 Å². The second kappa shape index (κ2) is 8.52. The van der Waals surface area contributed by atoms with Gasteiger partial charge in [-0.15, -0.1) is 0 Å². The van der Waals surface area contributed by atoms with Gasteiger partial charge in [-0.05, 0) is 53.7 Å². The van der Waals surface area contributed by atoms with E-state index in [2.05, 4.69) is 12.1 Å². The van der Waals surface area contributed by atoms with Crippen molar-refractivity contribution in [2.45, 2.75) is 25.3 Å². The van der Waals surface area contributed by atoms with Crippen molar-refractivity contribution in [2.75, 3.05) is 13.1 Å². The van der Waals surface area contributed by atoms with Gasteiger partial charge in [0.05, 0.1) is 0 Å². The van der Waals surface area contributed by atoms with E-state index in [0.717, 1.165) is 18.4 Å². The maximum absolute atomic E-state index is 12.7. The Bertz CT molecular complexity index is 890. The summed E-state index contributed by atoms with van der Waals surface area (Å²) in [6.45, 7) is 1.77. The van der Waals surface area contributed by atoms with Crippen molar-refractivity contribution >= 4 is 12.0 Å². The summed E-state index contributed by atoms with van der Waals surface area (Å²) < 4.78 is 0. The van der Waals surface area contributed by atoms with Crippen LogP contribution in [0, 0.1) is 11.3 Å². The summed E-state index contributed by atoms with van der Waals surface area (Å²) in [7, 11) is 0. The van der Waals surface area contributed by atoms with Gasteiger partial charge in [-0.1, -0.05) is 36.4 Å². The number of hydrogen-bond donors (Lipinski definition) is 2. The molecule has 1 heterocycles. The lowest BCUT2D eigenvalue weighted by molar-refractivity contribution is -0.127. The molecule has 3 N–H and O–H groups in total. The third-order valence-electron chi connectivity index (χ3n) is 4.97. The number of carbonyl (C=O) groups is 1. The van der Waals surface area contributed by atoms with E-state index in [1.807, 2.05) is 18.2 Å². The highest BCUT2D eigenvalue weighted by Crippen LogP contribution is 2.29. The van der Waals surface area contributed by atoms with Crippen molar-refractivity contribution in [3.05, 3.63) is 70.8 Å². The fourth-order valence-electron chi connectivity index (χ4n) is 3.48. The highest BCUT2D eigenvalue weighted by molar-refractivity contribution is 6.01. The van der Waals surface area contributed by atoms with Crippen molar-refractivity contribution < 1.29 is 9.90 Å². The third-order valence-corrected chi connectivity index (χ3v) is 4.97. The van der Waals surface area contributed by atoms with Gasteiger partial charge in [0.2, 0.25) is 0 Å². The average Bonchev–Trinajstić information content (AvgIpc) is 2.71. The molecule has 0 aromatic heterocycles. The molecule has 27 heavy (non-hydrogen) atoms. The summed E-state index contributed by atoms with van der Waals surface area (Å²) in [5.74, 6) is 0.255. The van der Waals surface area contributed by atoms with Gasteiger partial charge < -0.3 is 15.7 Å². The third kappa shape index (κ3) is 4.55. The minimum atomic E-state index is -0.255. The fraction of sp³-hybridized carbons (Fsp3) is 0.273. The van der Waals surface area contributed by atoms with E-state index in [0.29, 0.717) is 31.1 Å². The molecule has 138 valence electrons. The van der Waals surface area contributed by atoms with E-state index in [1.165, 1.54) is 17.7 Å². The first kappa shape index (κ1) is 18.7. The SMILES string of the molecule is N#CC(=Cc1cccc(O)c1)C(=O)N1CCC(c2cccc(CN)c2)CC1. The number of benzene rings is 2. The van der Waals surface area contributed by atoms with Crippen LogP contribution in [0.1, 0.15) is 35.4 Å². The van der Waals surface area contributed by atoms with Crippen LogP contribution >= 0.6 is 0 Å². The zero-order valence-corrected chi connectivity index (χ0v) is 15.1. The van der Waals surface area contributed by atoms with E-state index in [1.54, 1.807) is 23.1 Å². The first-order valence-corrected chi connectivity index (χ1v) is 9.09. The molecule has 5 nitrogen and oxygen atoms in total. The number of nitriles is 1. The second-order valence-corrected chi connectivity index (χ2v) is 6.78. The number of likely N-dealkylation sites (tertiary alicyclic amines) is 1. The Kier molecular flexibility index (Phi) is 5.90. The first-order valence-electron chi connectivity index (χ1n) is 9.09. The van der Waals surface area contributed by atoms with Crippen molar-refractivity contribution in [1.29, 1.82) is 5.26 Å². The van der Waals surface area contributed by atoms with E-state index >= 15 is 0 Å². The Balaban J connectivity index is 1.67. The molecule has 0 saturated carbocycles. The molecule has 3 rings (SSSR count). The van der Waals surface area contributed by atoms with Gasteiger partial charge >= 0.3 is 0 Å². The van der Waals surface area contributed by atoms with Gasteiger partial charge in [0.1, 0.15) is 17.4 Å². The molecule has 2 aromatic carbocycles. The monoisotopic (exact) mass is 361 g/mol. The Morgan fingerprint density at radius 2 is 1.96 bits per heavy atom. The topological polar surface area (TPSA) is 90.3 Å². The highest BCUT2D eigenvalue weighted by Gasteiger charge is 2.25. The maximum atomic E-state index is 12.7. The van der Waals surface area contributed by atoms with Crippen molar-refractivity contribution in [3.8, 4) is 11.8 Å². The van der Waals surface area contributed by atoms with Crippen LogP contribution in [-0.4, -0.2) is 29.0 Å². The van der Waals surface area contributed by atoms with Gasteiger partial charge in [-0.2, -0.15) is 5.26 Å². The molecule has 0 radical (unpaired) electrons. The van der Waals surface area contributed by atoms with Crippen molar-refractivity contribution in [2.24, 2.45) is 5.73 Å². The Morgan fingerprint density at radius 1 is 1.22 bits per heavy atom. The lowest BCUT2D eigenvalue weighted by Gasteiger charge is -2.32. The Morgan fingerprint density at radius 3 is 2.63 bits per heavy atom. The van der Waals surface area contributed by atoms with Crippen LogP contribution in [-0.2, 0) is 11.3 Å². The van der Waals surface area contributed by atoms with Crippen molar-refractivity contribution in [1.82, 2.24) is 4.90 Å². The summed E-state index contributed by atoms with van der Waals surface area (Å²) in [4.78, 5) is 14.5. The van der Waals surface area contributed by atoms with E-state index in [-0.39, 0.29) is 17.2 Å². The molecule has 1 amide bonds. The number of hydrogen-bond acceptors (Lipinski definition) is 4. The van der Waals surface area contributed by atoms with Crippen LogP contribution in [0.15, 0.2) is 54.1 Å². The molecule has 0 atom stereocenters. The number of nitrogens with zero attached hydrogens (tertiary/aromatic N) is 2. The second-order valence-electron chi connectivity index (χ2n) is 6.78. The maximum Gasteiger partial charge on any atom is 0.264 e. The summed E-state index contributed by atoms with van der Waals surface area (Å²) in [5.41, 5.74) is 8.83. The molecular formula is C22H23N3O2. The number of nitrogens with two attached hydrogens (primary N) is 1. The molecule has 1 aliphatic heterocycles. The number of phenolic OH excluding ortho intramolecular Hbond substituents is 1. The first-order chi connectivity index (χ1) is 13.1. The molecule has 5 heteroatoms. The number of amides is 1. The number of rotatable bonds is 4. The minimum absolute atomic E-state index is 0.0872. The van der Waals surface area contributed by atoms with Gasteiger partial charge in [0.25, 0.3) is 5.91 Å². The Hall–Kier alpha value is -3.10. The lowest BCUT2D eigenvalue weighted by Crippen LogP contribution is -2.38. The quantitative estimate of drug-likeness (QED) is 0.646. The van der Waals surface area contributed by atoms with E-state index in [9.17, 15) is 15.2 Å². The zero-order valence-electron chi connectivity index (χ0n) is 15.1. The van der Waals surface area contributed by atoms with Crippen LogP contribution in [0.25, 0.3) is 6.08 Å². The molecule has 2 aromatic rings. The predicted molar refractivity (Wildman–Crippen MR) is 105 cm³/mol. The normalized spacial score (nSPS) is 15.4. The minimum Gasteiger partial charge on any atom is -0.508 e. The Labute approximate surface area is 159 Å². The molecule has 0 aliphatic carbocycles. The molecular weight excluding hydrogens is 338 g/mol. The zero-order chi connectivity index (χ0) is 19.2. The van der Waals surface area contributed by atoms with Gasteiger partial charge in [0, 0.05) is 19.6 Å². The fourth-order valence-corrected chi connectivity index (χ4v) is 3.48. The summed E-state index contributed by atoms with van der Waals surface area (Å²) >= 11 is 0. The van der Waals surface area contributed by atoms with Crippen LogP contribution < -0.4 is 5.73 Å². The molecule has 1 aliphatic rings. The van der Waals surface area contributed by atoms with Gasteiger partial charge in [-0.25, -0.2) is 0 Å². The average molecular weight is 361 g/mol. The van der Waals surface area contributed by atoms with Crippen LogP contribution in [0.2, 0.25) is 0 Å². The standard InChI is InChI=1S/C22H23N3O2/c23-14-17-4-1-5-19(12-17)18-7-9-25(10-8-18)22(27)20(15-24)11-16-3-2-6-21(26)13-16/h1-6,11-13,18,26H,7-10,14,23H2. The number of aromatic hydroxyl groups is 1. The van der Waals surface area contributed by atoms with E-state index in [4.69, 9.17) is 5.73 Å². The number of carbonyl (C=O) groups excluding carboxylic acids is 1. The molecule has 1 fully saturated rings. The molecule has 1 saturated heterocycles. The van der Waals surface area contributed by atoms with Gasteiger partial charge in [-0.3, -0.25) is 4.79 Å². The van der Waals surface area contributed by atoms with Gasteiger partial charge in [0.15, 0.2) is 0 Å². The van der Waals surface area contributed by atoms with Crippen LogP contribution in [0.3, 0.4) is 0 Å². The largest absolute Gasteiger partial charge is 0.508 e. The molecule has 0 bridgehead atoms. The summed E-state index contributed by atoms with van der Waals surface area (Å²) in [6, 6.07) is 16.8. The number of phenols is 1. The highest BCUT2D eigenvalue weighted by atomic mass is 16.3. The predicted octanol–water partition coefficient (Wildman–Crippen LogP) is 3.16.